The van der Waals surface area contributed by atoms with Crippen molar-refractivity contribution in [2.45, 2.75) is 0 Å². The standard InChI is InChI=1S/C6H5IN2S/c7-2-1-6-5(3-8)9-4-10-6/h1-4,8H/b2-1-,8-3?. The second-order valence-corrected chi connectivity index (χ2v) is 3.14. The average molecular weight is 264 g/mol. The highest BCUT2D eigenvalue weighted by atomic mass is 127. The molecule has 0 aliphatic heterocycles. The number of nitrogens with one attached hydrogen (secondary N) is 1. The SMILES string of the molecule is N=Cc1ncsc1/C=C\I. The molecule has 1 heterocycles. The van der Waals surface area contributed by atoms with Gasteiger partial charge < -0.3 is 5.41 Å². The van der Waals surface area contributed by atoms with Crippen LogP contribution in [-0.4, -0.2) is 11.2 Å². The van der Waals surface area contributed by atoms with E-state index in [-0.39, 0.29) is 0 Å². The van der Waals surface area contributed by atoms with E-state index in [1.807, 2.05) is 10.2 Å². The second-order valence-electron chi connectivity index (χ2n) is 1.54. The van der Waals surface area contributed by atoms with Gasteiger partial charge in [-0.1, -0.05) is 22.6 Å². The maximum atomic E-state index is 6.96. The van der Waals surface area contributed by atoms with Crippen molar-refractivity contribution in [2.75, 3.05) is 0 Å². The Morgan fingerprint density at radius 2 is 2.50 bits per heavy atom. The summed E-state index contributed by atoms with van der Waals surface area (Å²) in [5, 5.41) is 6.96. The summed E-state index contributed by atoms with van der Waals surface area (Å²) in [6.07, 6.45) is 3.21. The Bertz CT molecular complexity index is 254. The zero-order valence-corrected chi connectivity index (χ0v) is 8.02. The van der Waals surface area contributed by atoms with Crippen LogP contribution in [0, 0.1) is 5.41 Å². The number of hydrogen-bond acceptors (Lipinski definition) is 3. The van der Waals surface area contributed by atoms with Gasteiger partial charge in [0.1, 0.15) is 0 Å². The fourth-order valence-electron chi connectivity index (χ4n) is 0.554. The molecule has 0 saturated carbocycles. The molecule has 1 aromatic rings. The van der Waals surface area contributed by atoms with Gasteiger partial charge in [0, 0.05) is 6.21 Å². The van der Waals surface area contributed by atoms with Gasteiger partial charge in [-0.3, -0.25) is 0 Å². The maximum Gasteiger partial charge on any atom is 0.0987 e. The normalized spacial score (nSPS) is 10.5. The van der Waals surface area contributed by atoms with Crippen molar-refractivity contribution in [3.05, 3.63) is 20.2 Å². The molecule has 10 heavy (non-hydrogen) atoms. The van der Waals surface area contributed by atoms with Gasteiger partial charge in [-0.05, 0) is 10.2 Å². The highest BCUT2D eigenvalue weighted by molar-refractivity contribution is 14.1. The summed E-state index contributed by atoms with van der Waals surface area (Å²) in [6, 6.07) is 0. The lowest BCUT2D eigenvalue weighted by Crippen LogP contribution is -1.79. The van der Waals surface area contributed by atoms with Gasteiger partial charge >= 0.3 is 0 Å². The van der Waals surface area contributed by atoms with Crippen molar-refractivity contribution in [1.29, 1.82) is 5.41 Å². The molecule has 0 aliphatic carbocycles. The van der Waals surface area contributed by atoms with Gasteiger partial charge in [0.25, 0.3) is 0 Å². The molecule has 0 radical (unpaired) electrons. The minimum Gasteiger partial charge on any atom is -0.306 e. The summed E-state index contributed by atoms with van der Waals surface area (Å²) in [6.45, 7) is 0. The summed E-state index contributed by atoms with van der Waals surface area (Å²) in [5.41, 5.74) is 2.49. The van der Waals surface area contributed by atoms with Crippen molar-refractivity contribution in [3.63, 3.8) is 0 Å². The molecule has 0 unspecified atom stereocenters. The van der Waals surface area contributed by atoms with Crippen molar-refractivity contribution >= 4 is 46.2 Å². The molecular formula is C6H5IN2S. The van der Waals surface area contributed by atoms with E-state index in [2.05, 4.69) is 27.6 Å². The number of halogens is 1. The van der Waals surface area contributed by atoms with Crippen LogP contribution in [0.3, 0.4) is 0 Å². The van der Waals surface area contributed by atoms with Gasteiger partial charge in [0.2, 0.25) is 0 Å². The van der Waals surface area contributed by atoms with Crippen molar-refractivity contribution in [2.24, 2.45) is 0 Å². The number of rotatable bonds is 2. The minimum atomic E-state index is 0.748. The zero-order valence-electron chi connectivity index (χ0n) is 5.04. The van der Waals surface area contributed by atoms with E-state index in [4.69, 9.17) is 5.41 Å². The highest BCUT2D eigenvalue weighted by Gasteiger charge is 1.96. The summed E-state index contributed by atoms with van der Waals surface area (Å²) in [7, 11) is 0. The van der Waals surface area contributed by atoms with Crippen LogP contribution in [0.25, 0.3) is 6.08 Å². The Kier molecular flexibility index (Phi) is 3.01. The van der Waals surface area contributed by atoms with E-state index >= 15 is 0 Å². The number of aromatic nitrogens is 1. The largest absolute Gasteiger partial charge is 0.306 e. The van der Waals surface area contributed by atoms with E-state index in [1.165, 1.54) is 6.21 Å². The topological polar surface area (TPSA) is 36.7 Å². The van der Waals surface area contributed by atoms with Crippen LogP contribution in [0.1, 0.15) is 10.6 Å². The molecule has 0 saturated heterocycles. The van der Waals surface area contributed by atoms with Crippen LogP contribution < -0.4 is 0 Å². The first-order valence-electron chi connectivity index (χ1n) is 2.59. The first-order valence-corrected chi connectivity index (χ1v) is 4.71. The Hall–Kier alpha value is -0.230. The molecule has 2 nitrogen and oxygen atoms in total. The predicted molar refractivity (Wildman–Crippen MR) is 53.1 cm³/mol. The lowest BCUT2D eigenvalue weighted by atomic mass is 10.4. The van der Waals surface area contributed by atoms with Crippen molar-refractivity contribution in [1.82, 2.24) is 4.98 Å². The van der Waals surface area contributed by atoms with E-state index in [0.717, 1.165) is 10.6 Å². The molecule has 1 rings (SSSR count). The summed E-state index contributed by atoms with van der Waals surface area (Å²) < 4.78 is 1.91. The highest BCUT2D eigenvalue weighted by Crippen LogP contribution is 2.13. The Balaban J connectivity index is 3.00. The molecule has 1 N–H and O–H groups in total. The lowest BCUT2D eigenvalue weighted by Gasteiger charge is -1.83. The van der Waals surface area contributed by atoms with Crippen LogP contribution in [0.5, 0.6) is 0 Å². The Morgan fingerprint density at radius 1 is 1.70 bits per heavy atom. The monoisotopic (exact) mass is 264 g/mol. The molecule has 0 bridgehead atoms. The third kappa shape index (κ3) is 1.63. The van der Waals surface area contributed by atoms with Crippen molar-refractivity contribution in [3.8, 4) is 0 Å². The average Bonchev–Trinajstić information content (AvgIpc) is 2.36. The molecular weight excluding hydrogens is 259 g/mol. The molecule has 4 heteroatoms. The lowest BCUT2D eigenvalue weighted by molar-refractivity contribution is 1.37. The van der Waals surface area contributed by atoms with Gasteiger partial charge in [0.15, 0.2) is 0 Å². The third-order valence-electron chi connectivity index (χ3n) is 0.975. The zero-order chi connectivity index (χ0) is 7.40. The molecule has 0 atom stereocenters. The number of hydrogen-bond donors (Lipinski definition) is 1. The molecule has 0 aromatic carbocycles. The van der Waals surface area contributed by atoms with Gasteiger partial charge in [-0.2, -0.15) is 0 Å². The quantitative estimate of drug-likeness (QED) is 0.646. The summed E-state index contributed by atoms with van der Waals surface area (Å²) >= 11 is 3.69. The smallest absolute Gasteiger partial charge is 0.0987 e. The fourth-order valence-corrected chi connectivity index (χ4v) is 1.82. The molecule has 1 aromatic heterocycles. The minimum absolute atomic E-state index is 0.748. The van der Waals surface area contributed by atoms with Gasteiger partial charge in [-0.25, -0.2) is 4.98 Å². The Labute approximate surface area is 76.6 Å². The van der Waals surface area contributed by atoms with Crippen LogP contribution >= 0.6 is 33.9 Å². The van der Waals surface area contributed by atoms with Crippen LogP contribution in [0.15, 0.2) is 9.59 Å². The van der Waals surface area contributed by atoms with Crippen LogP contribution in [0.4, 0.5) is 0 Å². The molecule has 0 aliphatic rings. The van der Waals surface area contributed by atoms with E-state index < -0.39 is 0 Å². The molecule has 0 spiro atoms. The van der Waals surface area contributed by atoms with Crippen LogP contribution in [-0.2, 0) is 0 Å². The van der Waals surface area contributed by atoms with E-state index in [9.17, 15) is 0 Å². The number of nitrogens with zero attached hydrogens (tertiary/aromatic N) is 1. The maximum absolute atomic E-state index is 6.96. The van der Waals surface area contributed by atoms with E-state index in [1.54, 1.807) is 16.8 Å². The van der Waals surface area contributed by atoms with Crippen LogP contribution in [0.2, 0.25) is 0 Å². The second kappa shape index (κ2) is 3.82. The van der Waals surface area contributed by atoms with Gasteiger partial charge in [-0.15, -0.1) is 11.3 Å². The Morgan fingerprint density at radius 3 is 3.10 bits per heavy atom. The third-order valence-corrected chi connectivity index (χ3v) is 2.14. The summed E-state index contributed by atoms with van der Waals surface area (Å²) in [5.74, 6) is 0. The first kappa shape index (κ1) is 7.87. The summed E-state index contributed by atoms with van der Waals surface area (Å²) in [4.78, 5) is 5.02. The molecule has 0 amide bonds. The molecule has 0 fully saturated rings. The number of thiazole rings is 1. The predicted octanol–water partition coefficient (Wildman–Crippen LogP) is 2.55. The van der Waals surface area contributed by atoms with E-state index in [0.29, 0.717) is 0 Å². The molecule has 52 valence electrons. The first-order chi connectivity index (χ1) is 4.88. The van der Waals surface area contributed by atoms with Crippen molar-refractivity contribution < 1.29 is 0 Å². The van der Waals surface area contributed by atoms with Gasteiger partial charge in [0.05, 0.1) is 16.1 Å². The fraction of sp³-hybridized carbons (Fsp3) is 0.